The Labute approximate surface area is 95.6 Å². The molecule has 2 atom stereocenters. The largest absolute Gasteiger partial charge is 0.393 e. The summed E-state index contributed by atoms with van der Waals surface area (Å²) in [5.41, 5.74) is 5.89. The molecule has 2 rings (SSSR count). The van der Waals surface area contributed by atoms with Crippen LogP contribution in [0.25, 0.3) is 0 Å². The molecule has 2 N–H and O–H groups in total. The lowest BCUT2D eigenvalue weighted by Gasteiger charge is -2.26. The fourth-order valence-corrected chi connectivity index (χ4v) is 3.74. The second kappa shape index (κ2) is 3.99. The smallest absolute Gasteiger partial charge is 0.0800 e. The van der Waals surface area contributed by atoms with Gasteiger partial charge in [0.2, 0.25) is 0 Å². The van der Waals surface area contributed by atoms with Crippen LogP contribution in [-0.4, -0.2) is 40.5 Å². The predicted octanol–water partition coefficient (Wildman–Crippen LogP) is 1.49. The molecule has 0 aromatic carbocycles. The van der Waals surface area contributed by atoms with Gasteiger partial charge in [0.15, 0.2) is 0 Å². The molecule has 2 nitrogen and oxygen atoms in total. The SMILES string of the molecule is CC1(C(N)=S)CCN(C2CCSC2)C1. The fourth-order valence-electron chi connectivity index (χ4n) is 2.32. The Bertz CT molecular complexity index is 238. The van der Waals surface area contributed by atoms with Gasteiger partial charge in [0, 0.05) is 23.8 Å². The maximum absolute atomic E-state index is 5.79. The summed E-state index contributed by atoms with van der Waals surface area (Å²) in [4.78, 5) is 3.28. The van der Waals surface area contributed by atoms with E-state index < -0.39 is 0 Å². The second-order valence-electron chi connectivity index (χ2n) is 4.66. The average Bonchev–Trinajstić information content (AvgIpc) is 2.72. The maximum Gasteiger partial charge on any atom is 0.0800 e. The van der Waals surface area contributed by atoms with Gasteiger partial charge >= 0.3 is 0 Å². The minimum Gasteiger partial charge on any atom is -0.393 e. The first kappa shape index (κ1) is 10.7. The molecule has 2 saturated heterocycles. The molecular formula is C10H18N2S2. The number of hydrogen-bond acceptors (Lipinski definition) is 3. The van der Waals surface area contributed by atoms with Crippen molar-refractivity contribution in [3.8, 4) is 0 Å². The van der Waals surface area contributed by atoms with Crippen molar-refractivity contribution in [2.45, 2.75) is 25.8 Å². The van der Waals surface area contributed by atoms with E-state index in [2.05, 4.69) is 23.6 Å². The highest BCUT2D eigenvalue weighted by Gasteiger charge is 2.39. The van der Waals surface area contributed by atoms with Crippen LogP contribution in [0.2, 0.25) is 0 Å². The van der Waals surface area contributed by atoms with Crippen molar-refractivity contribution in [1.29, 1.82) is 0 Å². The number of thioether (sulfide) groups is 1. The zero-order chi connectivity index (χ0) is 10.2. The minimum absolute atomic E-state index is 0.0998. The highest BCUT2D eigenvalue weighted by Crippen LogP contribution is 2.34. The van der Waals surface area contributed by atoms with Gasteiger partial charge in [-0.3, -0.25) is 4.90 Å². The molecule has 0 amide bonds. The van der Waals surface area contributed by atoms with Crippen molar-refractivity contribution in [3.63, 3.8) is 0 Å². The lowest BCUT2D eigenvalue weighted by molar-refractivity contribution is 0.248. The van der Waals surface area contributed by atoms with Gasteiger partial charge in [-0.1, -0.05) is 19.1 Å². The first-order valence-corrected chi connectivity index (χ1v) is 6.80. The summed E-state index contributed by atoms with van der Waals surface area (Å²) in [5, 5.41) is 0. The molecule has 0 spiro atoms. The van der Waals surface area contributed by atoms with Gasteiger partial charge in [0.1, 0.15) is 0 Å². The molecule has 0 aliphatic carbocycles. The van der Waals surface area contributed by atoms with Crippen LogP contribution in [0.1, 0.15) is 19.8 Å². The molecule has 2 aliphatic heterocycles. The molecule has 0 aromatic heterocycles. The van der Waals surface area contributed by atoms with Crippen molar-refractivity contribution in [3.05, 3.63) is 0 Å². The van der Waals surface area contributed by atoms with Crippen LogP contribution >= 0.6 is 24.0 Å². The molecule has 2 aliphatic rings. The Morgan fingerprint density at radius 2 is 2.43 bits per heavy atom. The lowest BCUT2D eigenvalue weighted by atomic mass is 9.90. The molecule has 2 unspecified atom stereocenters. The van der Waals surface area contributed by atoms with Crippen molar-refractivity contribution in [2.75, 3.05) is 24.6 Å². The number of hydrogen-bond donors (Lipinski definition) is 1. The van der Waals surface area contributed by atoms with Gasteiger partial charge < -0.3 is 5.73 Å². The van der Waals surface area contributed by atoms with Gasteiger partial charge in [-0.05, 0) is 25.1 Å². The summed E-state index contributed by atoms with van der Waals surface area (Å²) in [6, 6.07) is 0.788. The zero-order valence-electron chi connectivity index (χ0n) is 8.66. The Balaban J connectivity index is 1.96. The lowest BCUT2D eigenvalue weighted by Crippen LogP contribution is -2.39. The topological polar surface area (TPSA) is 29.3 Å². The van der Waals surface area contributed by atoms with E-state index in [0.717, 1.165) is 19.0 Å². The Morgan fingerprint density at radius 1 is 1.64 bits per heavy atom. The van der Waals surface area contributed by atoms with Crippen LogP contribution in [0.4, 0.5) is 0 Å². The molecular weight excluding hydrogens is 212 g/mol. The number of nitrogens with two attached hydrogens (primary N) is 1. The van der Waals surface area contributed by atoms with Crippen LogP contribution in [-0.2, 0) is 0 Å². The first-order chi connectivity index (χ1) is 6.62. The summed E-state index contributed by atoms with van der Waals surface area (Å²) >= 11 is 7.21. The Hall–Kier alpha value is 0.200. The third-order valence-electron chi connectivity index (χ3n) is 3.52. The van der Waals surface area contributed by atoms with E-state index in [1.54, 1.807) is 0 Å². The second-order valence-corrected chi connectivity index (χ2v) is 6.25. The van der Waals surface area contributed by atoms with E-state index in [1.165, 1.54) is 24.5 Å². The highest BCUT2D eigenvalue weighted by molar-refractivity contribution is 7.99. The summed E-state index contributed by atoms with van der Waals surface area (Å²) in [5.74, 6) is 2.62. The fraction of sp³-hybridized carbons (Fsp3) is 0.900. The van der Waals surface area contributed by atoms with Crippen molar-refractivity contribution in [2.24, 2.45) is 11.1 Å². The predicted molar refractivity (Wildman–Crippen MR) is 66.8 cm³/mol. The molecule has 0 bridgehead atoms. The maximum atomic E-state index is 5.79. The van der Waals surface area contributed by atoms with Crippen LogP contribution in [0, 0.1) is 5.41 Å². The minimum atomic E-state index is 0.0998. The van der Waals surface area contributed by atoms with Gasteiger partial charge in [0.25, 0.3) is 0 Å². The van der Waals surface area contributed by atoms with Gasteiger partial charge in [-0.2, -0.15) is 11.8 Å². The quantitative estimate of drug-likeness (QED) is 0.728. The normalized spacial score (nSPS) is 39.1. The van der Waals surface area contributed by atoms with E-state index in [-0.39, 0.29) is 5.41 Å². The Kier molecular flexibility index (Phi) is 3.05. The first-order valence-electron chi connectivity index (χ1n) is 5.23. The summed E-state index contributed by atoms with van der Waals surface area (Å²) in [7, 11) is 0. The van der Waals surface area contributed by atoms with E-state index in [0.29, 0.717) is 4.99 Å². The van der Waals surface area contributed by atoms with Gasteiger partial charge in [0.05, 0.1) is 4.99 Å². The van der Waals surface area contributed by atoms with Crippen molar-refractivity contribution in [1.82, 2.24) is 4.90 Å². The Morgan fingerprint density at radius 3 is 2.93 bits per heavy atom. The van der Waals surface area contributed by atoms with Crippen LogP contribution < -0.4 is 5.73 Å². The number of nitrogens with zero attached hydrogens (tertiary/aromatic N) is 1. The molecule has 4 heteroatoms. The van der Waals surface area contributed by atoms with Crippen LogP contribution in [0.3, 0.4) is 0 Å². The monoisotopic (exact) mass is 230 g/mol. The van der Waals surface area contributed by atoms with E-state index in [9.17, 15) is 0 Å². The molecule has 2 fully saturated rings. The van der Waals surface area contributed by atoms with E-state index >= 15 is 0 Å². The van der Waals surface area contributed by atoms with Crippen LogP contribution in [0.15, 0.2) is 0 Å². The number of rotatable bonds is 2. The molecule has 80 valence electrons. The third-order valence-corrected chi connectivity index (χ3v) is 5.16. The van der Waals surface area contributed by atoms with E-state index in [4.69, 9.17) is 18.0 Å². The zero-order valence-corrected chi connectivity index (χ0v) is 10.3. The number of likely N-dealkylation sites (tertiary alicyclic amines) is 1. The number of thiocarbonyl (C=S) groups is 1. The van der Waals surface area contributed by atoms with Crippen molar-refractivity contribution < 1.29 is 0 Å². The van der Waals surface area contributed by atoms with Crippen LogP contribution in [0.5, 0.6) is 0 Å². The summed E-state index contributed by atoms with van der Waals surface area (Å²) in [6.07, 6.45) is 2.49. The molecule has 0 saturated carbocycles. The molecule has 0 radical (unpaired) electrons. The average molecular weight is 230 g/mol. The molecule has 2 heterocycles. The van der Waals surface area contributed by atoms with Gasteiger partial charge in [-0.15, -0.1) is 0 Å². The highest BCUT2D eigenvalue weighted by atomic mass is 32.2. The van der Waals surface area contributed by atoms with Gasteiger partial charge in [-0.25, -0.2) is 0 Å². The summed E-state index contributed by atoms with van der Waals surface area (Å²) < 4.78 is 0. The summed E-state index contributed by atoms with van der Waals surface area (Å²) in [6.45, 7) is 4.46. The van der Waals surface area contributed by atoms with E-state index in [1.807, 2.05) is 0 Å². The third kappa shape index (κ3) is 1.92. The molecule has 14 heavy (non-hydrogen) atoms. The molecule has 0 aromatic rings. The standard InChI is InChI=1S/C10H18N2S2/c1-10(9(11)13)3-4-12(7-10)8-2-5-14-6-8/h8H,2-7H2,1H3,(H2,11,13). The van der Waals surface area contributed by atoms with Crippen molar-refractivity contribution >= 4 is 29.0 Å².